The predicted octanol–water partition coefficient (Wildman–Crippen LogP) is 1.76. The first-order valence-electron chi connectivity index (χ1n) is 3.96. The molecule has 0 aliphatic carbocycles. The number of halogens is 2. The number of benzene rings is 1. The van der Waals surface area contributed by atoms with E-state index in [1.807, 2.05) is 0 Å². The Labute approximate surface area is 89.1 Å². The van der Waals surface area contributed by atoms with Crippen LogP contribution >= 0.6 is 15.9 Å². The van der Waals surface area contributed by atoms with Gasteiger partial charge in [0.25, 0.3) is 0 Å². The van der Waals surface area contributed by atoms with Gasteiger partial charge < -0.3 is 10.4 Å². The molecular formula is C9H9BrFNO2. The van der Waals surface area contributed by atoms with Crippen LogP contribution in [0.15, 0.2) is 22.7 Å². The molecule has 0 aliphatic rings. The summed E-state index contributed by atoms with van der Waals surface area (Å²) in [7, 11) is 0. The van der Waals surface area contributed by atoms with Gasteiger partial charge in [-0.15, -0.1) is 0 Å². The molecule has 0 aliphatic heterocycles. The van der Waals surface area contributed by atoms with E-state index in [1.54, 1.807) is 12.1 Å². The van der Waals surface area contributed by atoms with Crippen molar-refractivity contribution < 1.29 is 14.3 Å². The molecule has 76 valence electrons. The van der Waals surface area contributed by atoms with Gasteiger partial charge >= 0.3 is 5.97 Å². The van der Waals surface area contributed by atoms with E-state index in [0.29, 0.717) is 10.0 Å². The van der Waals surface area contributed by atoms with E-state index < -0.39 is 5.97 Å². The van der Waals surface area contributed by atoms with Crippen LogP contribution in [0.4, 0.5) is 4.39 Å². The predicted molar refractivity (Wildman–Crippen MR) is 53.4 cm³/mol. The Bertz CT molecular complexity index is 344. The van der Waals surface area contributed by atoms with Crippen LogP contribution in [0.5, 0.6) is 0 Å². The van der Waals surface area contributed by atoms with Crippen molar-refractivity contribution in [2.24, 2.45) is 0 Å². The van der Waals surface area contributed by atoms with Gasteiger partial charge in [0.1, 0.15) is 5.82 Å². The van der Waals surface area contributed by atoms with Crippen LogP contribution in [0.3, 0.4) is 0 Å². The van der Waals surface area contributed by atoms with Gasteiger partial charge in [0.05, 0.1) is 6.54 Å². The number of nitrogens with one attached hydrogen (secondary N) is 1. The topological polar surface area (TPSA) is 49.3 Å². The molecule has 0 saturated carbocycles. The highest BCUT2D eigenvalue weighted by Crippen LogP contribution is 2.14. The lowest BCUT2D eigenvalue weighted by atomic mass is 10.2. The molecule has 1 rings (SSSR count). The Morgan fingerprint density at radius 2 is 2.29 bits per heavy atom. The zero-order valence-electron chi connectivity index (χ0n) is 7.26. The first kappa shape index (κ1) is 11.1. The Balaban J connectivity index is 2.55. The number of carboxylic acid groups (broad SMARTS) is 1. The maximum atomic E-state index is 13.2. The highest BCUT2D eigenvalue weighted by Gasteiger charge is 2.03. The zero-order chi connectivity index (χ0) is 10.6. The van der Waals surface area contributed by atoms with Gasteiger partial charge in [-0.1, -0.05) is 22.0 Å². The van der Waals surface area contributed by atoms with Crippen molar-refractivity contribution >= 4 is 21.9 Å². The minimum atomic E-state index is -0.956. The summed E-state index contributed by atoms with van der Waals surface area (Å²) in [5.74, 6) is -1.31. The van der Waals surface area contributed by atoms with Gasteiger partial charge in [0, 0.05) is 16.6 Å². The van der Waals surface area contributed by atoms with Crippen LogP contribution in [0.25, 0.3) is 0 Å². The second-order valence-electron chi connectivity index (χ2n) is 2.73. The maximum absolute atomic E-state index is 13.2. The summed E-state index contributed by atoms with van der Waals surface area (Å²) in [6.07, 6.45) is 0. The Morgan fingerprint density at radius 1 is 1.57 bits per heavy atom. The molecule has 0 aromatic heterocycles. The minimum Gasteiger partial charge on any atom is -0.480 e. The second-order valence-corrected chi connectivity index (χ2v) is 3.65. The highest BCUT2D eigenvalue weighted by molar-refractivity contribution is 9.10. The van der Waals surface area contributed by atoms with E-state index in [4.69, 9.17) is 5.11 Å². The van der Waals surface area contributed by atoms with Gasteiger partial charge in [-0.25, -0.2) is 4.39 Å². The number of rotatable bonds is 4. The molecule has 0 saturated heterocycles. The quantitative estimate of drug-likeness (QED) is 0.869. The lowest BCUT2D eigenvalue weighted by molar-refractivity contribution is -0.136. The van der Waals surface area contributed by atoms with Crippen molar-refractivity contribution in [1.29, 1.82) is 0 Å². The minimum absolute atomic E-state index is 0.171. The highest BCUT2D eigenvalue weighted by atomic mass is 79.9. The van der Waals surface area contributed by atoms with Gasteiger partial charge in [-0.05, 0) is 12.1 Å². The van der Waals surface area contributed by atoms with E-state index in [9.17, 15) is 9.18 Å². The smallest absolute Gasteiger partial charge is 0.317 e. The third kappa shape index (κ3) is 3.43. The first-order valence-corrected chi connectivity index (χ1v) is 4.75. The monoisotopic (exact) mass is 261 g/mol. The molecule has 0 unspecified atom stereocenters. The summed E-state index contributed by atoms with van der Waals surface area (Å²) in [4.78, 5) is 10.2. The maximum Gasteiger partial charge on any atom is 0.317 e. The molecule has 0 fully saturated rings. The summed E-state index contributed by atoms with van der Waals surface area (Å²) in [5.41, 5.74) is 0.453. The third-order valence-electron chi connectivity index (χ3n) is 1.61. The van der Waals surface area contributed by atoms with Crippen molar-refractivity contribution in [1.82, 2.24) is 5.32 Å². The number of carbonyl (C=O) groups is 1. The van der Waals surface area contributed by atoms with Crippen molar-refractivity contribution in [3.8, 4) is 0 Å². The molecule has 0 heterocycles. The molecule has 0 spiro atoms. The van der Waals surface area contributed by atoms with E-state index >= 15 is 0 Å². The molecule has 5 heteroatoms. The molecule has 0 atom stereocenters. The summed E-state index contributed by atoms with van der Waals surface area (Å²) >= 11 is 3.13. The molecular weight excluding hydrogens is 253 g/mol. The van der Waals surface area contributed by atoms with Crippen LogP contribution < -0.4 is 5.32 Å². The van der Waals surface area contributed by atoms with Gasteiger partial charge in [-0.2, -0.15) is 0 Å². The van der Waals surface area contributed by atoms with Gasteiger partial charge in [0.15, 0.2) is 0 Å². The van der Waals surface area contributed by atoms with Crippen molar-refractivity contribution in [2.75, 3.05) is 6.54 Å². The molecule has 1 aromatic rings. The van der Waals surface area contributed by atoms with E-state index in [-0.39, 0.29) is 18.9 Å². The van der Waals surface area contributed by atoms with E-state index in [2.05, 4.69) is 21.2 Å². The van der Waals surface area contributed by atoms with E-state index in [0.717, 1.165) is 0 Å². The van der Waals surface area contributed by atoms with E-state index in [1.165, 1.54) is 6.07 Å². The van der Waals surface area contributed by atoms with Crippen LogP contribution in [0, 0.1) is 5.82 Å². The van der Waals surface area contributed by atoms with Crippen molar-refractivity contribution in [2.45, 2.75) is 6.54 Å². The molecule has 2 N–H and O–H groups in total. The number of aliphatic carboxylic acids is 1. The fraction of sp³-hybridized carbons (Fsp3) is 0.222. The Kier molecular flexibility index (Phi) is 4.03. The van der Waals surface area contributed by atoms with Crippen LogP contribution in [-0.2, 0) is 11.3 Å². The largest absolute Gasteiger partial charge is 0.480 e. The molecule has 3 nitrogen and oxygen atoms in total. The van der Waals surface area contributed by atoms with Gasteiger partial charge in [0.2, 0.25) is 0 Å². The Hall–Kier alpha value is -0.940. The lowest BCUT2D eigenvalue weighted by Gasteiger charge is -2.03. The zero-order valence-corrected chi connectivity index (χ0v) is 8.84. The molecule has 0 radical (unpaired) electrons. The fourth-order valence-electron chi connectivity index (χ4n) is 0.969. The van der Waals surface area contributed by atoms with Crippen molar-refractivity contribution in [3.63, 3.8) is 0 Å². The summed E-state index contributed by atoms with van der Waals surface area (Å²) < 4.78 is 13.8. The molecule has 14 heavy (non-hydrogen) atoms. The standard InChI is InChI=1S/C9H9BrFNO2/c10-7-2-1-6(8(11)3-7)4-12-5-9(13)14/h1-3,12H,4-5H2,(H,13,14). The second kappa shape index (κ2) is 5.07. The fourth-order valence-corrected chi connectivity index (χ4v) is 1.30. The summed E-state index contributed by atoms with van der Waals surface area (Å²) in [5, 5.41) is 10.9. The summed E-state index contributed by atoms with van der Waals surface area (Å²) in [6.45, 7) is 0.0426. The normalized spacial score (nSPS) is 10.1. The lowest BCUT2D eigenvalue weighted by Crippen LogP contribution is -2.22. The SMILES string of the molecule is O=C(O)CNCc1ccc(Br)cc1F. The average molecular weight is 262 g/mol. The molecule has 1 aromatic carbocycles. The number of carboxylic acids is 1. The number of hydrogen-bond donors (Lipinski definition) is 2. The van der Waals surface area contributed by atoms with Crippen LogP contribution in [0.1, 0.15) is 5.56 Å². The molecule has 0 amide bonds. The van der Waals surface area contributed by atoms with Gasteiger partial charge in [-0.3, -0.25) is 4.79 Å². The van der Waals surface area contributed by atoms with Crippen LogP contribution in [0.2, 0.25) is 0 Å². The van der Waals surface area contributed by atoms with Crippen molar-refractivity contribution in [3.05, 3.63) is 34.1 Å². The molecule has 0 bridgehead atoms. The van der Waals surface area contributed by atoms with Crippen LogP contribution in [-0.4, -0.2) is 17.6 Å². The number of hydrogen-bond acceptors (Lipinski definition) is 2. The summed E-state index contributed by atoms with van der Waals surface area (Å²) in [6, 6.07) is 4.66. The third-order valence-corrected chi connectivity index (χ3v) is 2.10. The first-order chi connectivity index (χ1) is 6.59. The Morgan fingerprint density at radius 3 is 2.86 bits per heavy atom. The average Bonchev–Trinajstić information content (AvgIpc) is 2.08.